The van der Waals surface area contributed by atoms with Crippen molar-refractivity contribution < 1.29 is 19.6 Å². The molecule has 1 aliphatic rings. The lowest BCUT2D eigenvalue weighted by atomic mass is 10.1. The number of amides is 1. The molecule has 0 spiro atoms. The van der Waals surface area contributed by atoms with Gasteiger partial charge >= 0.3 is 5.97 Å². The molecule has 1 aromatic rings. The number of carbonyl (C=O) groups excluding carboxylic acids is 1. The third-order valence-corrected chi connectivity index (χ3v) is 3.09. The predicted molar refractivity (Wildman–Crippen MR) is 69.5 cm³/mol. The first kappa shape index (κ1) is 13.8. The van der Waals surface area contributed by atoms with Crippen LogP contribution in [0.3, 0.4) is 0 Å². The van der Waals surface area contributed by atoms with Crippen LogP contribution in [0.5, 0.6) is 0 Å². The highest BCUT2D eigenvalue weighted by Crippen LogP contribution is 2.30. The number of carbonyl (C=O) groups is 2. The van der Waals surface area contributed by atoms with Crippen LogP contribution in [-0.4, -0.2) is 41.0 Å². The number of nitro groups is 1. The van der Waals surface area contributed by atoms with Crippen molar-refractivity contribution in [1.82, 2.24) is 5.32 Å². The summed E-state index contributed by atoms with van der Waals surface area (Å²) >= 11 is 0. The minimum Gasteiger partial charge on any atom is -0.481 e. The van der Waals surface area contributed by atoms with Crippen LogP contribution in [0.25, 0.3) is 0 Å². The van der Waals surface area contributed by atoms with Gasteiger partial charge in [-0.05, 0) is 6.07 Å². The van der Waals surface area contributed by atoms with Crippen LogP contribution >= 0.6 is 0 Å². The van der Waals surface area contributed by atoms with E-state index in [-0.39, 0.29) is 11.4 Å². The fourth-order valence-corrected chi connectivity index (χ4v) is 2.23. The van der Waals surface area contributed by atoms with Gasteiger partial charge in [0, 0.05) is 19.2 Å². The Bertz CT molecular complexity index is 560. The van der Waals surface area contributed by atoms with Gasteiger partial charge in [0.1, 0.15) is 11.7 Å². The van der Waals surface area contributed by atoms with E-state index in [9.17, 15) is 19.7 Å². The van der Waals surface area contributed by atoms with Crippen LogP contribution in [0.4, 0.5) is 11.4 Å². The van der Waals surface area contributed by atoms with Crippen molar-refractivity contribution in [2.75, 3.05) is 18.0 Å². The number of nitrogens with zero attached hydrogens (tertiary/aromatic N) is 2. The molecular weight excluding hydrogens is 266 g/mol. The number of rotatable bonds is 4. The first-order chi connectivity index (χ1) is 9.50. The molecule has 1 fully saturated rings. The summed E-state index contributed by atoms with van der Waals surface area (Å²) in [7, 11) is 0. The molecule has 1 saturated heterocycles. The molecule has 106 valence electrons. The van der Waals surface area contributed by atoms with Gasteiger partial charge in [-0.3, -0.25) is 19.7 Å². The number of nitrogens with one attached hydrogen (secondary N) is 1. The molecule has 1 aliphatic heterocycles. The number of piperazine rings is 1. The summed E-state index contributed by atoms with van der Waals surface area (Å²) in [6.45, 7) is 0.648. The number of hydrogen-bond acceptors (Lipinski definition) is 5. The second-order valence-corrected chi connectivity index (χ2v) is 4.34. The Hall–Kier alpha value is -2.64. The van der Waals surface area contributed by atoms with Gasteiger partial charge in [0.2, 0.25) is 5.91 Å². The topological polar surface area (TPSA) is 113 Å². The monoisotopic (exact) mass is 279 g/mol. The Morgan fingerprint density at radius 2 is 2.20 bits per heavy atom. The fraction of sp³-hybridized carbons (Fsp3) is 0.333. The Labute approximate surface area is 114 Å². The number of para-hydroxylation sites is 2. The summed E-state index contributed by atoms with van der Waals surface area (Å²) in [5.41, 5.74) is 0.121. The molecule has 1 aromatic carbocycles. The van der Waals surface area contributed by atoms with Crippen molar-refractivity contribution in [2.24, 2.45) is 0 Å². The molecule has 0 bridgehead atoms. The van der Waals surface area contributed by atoms with E-state index in [0.717, 1.165) is 0 Å². The highest BCUT2D eigenvalue weighted by Gasteiger charge is 2.34. The molecule has 20 heavy (non-hydrogen) atoms. The van der Waals surface area contributed by atoms with Gasteiger partial charge in [0.15, 0.2) is 0 Å². The summed E-state index contributed by atoms with van der Waals surface area (Å²) in [5, 5.41) is 22.5. The molecule has 1 heterocycles. The molecule has 0 radical (unpaired) electrons. The van der Waals surface area contributed by atoms with Gasteiger partial charge in [-0.25, -0.2) is 0 Å². The third kappa shape index (κ3) is 2.68. The van der Waals surface area contributed by atoms with Crippen LogP contribution in [0.1, 0.15) is 6.42 Å². The van der Waals surface area contributed by atoms with Crippen molar-refractivity contribution in [2.45, 2.75) is 12.5 Å². The maximum Gasteiger partial charge on any atom is 0.305 e. The molecular formula is C12H13N3O5. The largest absolute Gasteiger partial charge is 0.481 e. The van der Waals surface area contributed by atoms with Gasteiger partial charge in [0.25, 0.3) is 5.69 Å². The van der Waals surface area contributed by atoms with E-state index in [1.165, 1.54) is 23.1 Å². The Kier molecular flexibility index (Phi) is 3.83. The molecule has 8 nitrogen and oxygen atoms in total. The number of carboxylic acids is 1. The number of anilines is 1. The van der Waals surface area contributed by atoms with E-state index in [0.29, 0.717) is 13.1 Å². The summed E-state index contributed by atoms with van der Waals surface area (Å²) in [6, 6.07) is 5.05. The van der Waals surface area contributed by atoms with Crippen LogP contribution in [0.2, 0.25) is 0 Å². The minimum atomic E-state index is -1.13. The van der Waals surface area contributed by atoms with Crippen LogP contribution in [0, 0.1) is 10.1 Å². The van der Waals surface area contributed by atoms with E-state index < -0.39 is 29.3 Å². The average molecular weight is 279 g/mol. The Morgan fingerprint density at radius 3 is 2.85 bits per heavy atom. The summed E-state index contributed by atoms with van der Waals surface area (Å²) in [5.74, 6) is -1.56. The molecule has 1 amide bonds. The zero-order valence-electron chi connectivity index (χ0n) is 10.5. The summed E-state index contributed by atoms with van der Waals surface area (Å²) in [6.07, 6.45) is -0.405. The smallest absolute Gasteiger partial charge is 0.305 e. The van der Waals surface area contributed by atoms with Gasteiger partial charge in [-0.15, -0.1) is 0 Å². The average Bonchev–Trinajstić information content (AvgIpc) is 2.40. The van der Waals surface area contributed by atoms with Gasteiger partial charge in [-0.1, -0.05) is 12.1 Å². The molecule has 1 atom stereocenters. The third-order valence-electron chi connectivity index (χ3n) is 3.09. The van der Waals surface area contributed by atoms with E-state index in [4.69, 9.17) is 5.11 Å². The second-order valence-electron chi connectivity index (χ2n) is 4.34. The van der Waals surface area contributed by atoms with Gasteiger partial charge < -0.3 is 15.3 Å². The zero-order chi connectivity index (χ0) is 14.7. The van der Waals surface area contributed by atoms with Crippen LogP contribution in [-0.2, 0) is 9.59 Å². The predicted octanol–water partition coefficient (Wildman–Crippen LogP) is 0.374. The number of aliphatic carboxylic acids is 1. The van der Waals surface area contributed by atoms with Crippen LogP contribution in [0.15, 0.2) is 24.3 Å². The lowest BCUT2D eigenvalue weighted by Crippen LogP contribution is -2.56. The molecule has 0 aromatic heterocycles. The summed E-state index contributed by atoms with van der Waals surface area (Å²) < 4.78 is 0. The SMILES string of the molecule is O=C(O)CC1C(=O)NCCN1c1ccccc1[N+](=O)[O-]. The molecule has 0 aliphatic carbocycles. The first-order valence-corrected chi connectivity index (χ1v) is 6.00. The normalized spacial score (nSPS) is 18.5. The molecule has 0 saturated carbocycles. The number of carboxylic acid groups (broad SMARTS) is 1. The van der Waals surface area contributed by atoms with Crippen molar-refractivity contribution in [1.29, 1.82) is 0 Å². The van der Waals surface area contributed by atoms with Crippen molar-refractivity contribution in [3.63, 3.8) is 0 Å². The lowest BCUT2D eigenvalue weighted by Gasteiger charge is -2.35. The van der Waals surface area contributed by atoms with Crippen molar-refractivity contribution >= 4 is 23.3 Å². The maximum absolute atomic E-state index is 11.8. The minimum absolute atomic E-state index is 0.141. The van der Waals surface area contributed by atoms with Gasteiger partial charge in [-0.2, -0.15) is 0 Å². The van der Waals surface area contributed by atoms with Crippen molar-refractivity contribution in [3.8, 4) is 0 Å². The van der Waals surface area contributed by atoms with Gasteiger partial charge in [0.05, 0.1) is 11.3 Å². The number of benzene rings is 1. The quantitative estimate of drug-likeness (QED) is 0.608. The summed E-state index contributed by atoms with van der Waals surface area (Å²) in [4.78, 5) is 34.6. The van der Waals surface area contributed by atoms with E-state index in [2.05, 4.69) is 5.32 Å². The van der Waals surface area contributed by atoms with E-state index in [1.54, 1.807) is 6.07 Å². The van der Waals surface area contributed by atoms with Crippen molar-refractivity contribution in [3.05, 3.63) is 34.4 Å². The molecule has 2 rings (SSSR count). The van der Waals surface area contributed by atoms with E-state index >= 15 is 0 Å². The molecule has 1 unspecified atom stereocenters. The van der Waals surface area contributed by atoms with Crippen LogP contribution < -0.4 is 10.2 Å². The molecule has 8 heteroatoms. The maximum atomic E-state index is 11.8. The Balaban J connectivity index is 2.40. The Morgan fingerprint density at radius 1 is 1.50 bits per heavy atom. The second kappa shape index (κ2) is 5.55. The molecule has 2 N–H and O–H groups in total. The first-order valence-electron chi connectivity index (χ1n) is 6.00. The number of hydrogen-bond donors (Lipinski definition) is 2. The standard InChI is InChI=1S/C12H13N3O5/c16-11(17)7-10-12(18)13-5-6-14(10)8-3-1-2-4-9(8)15(19)20/h1-4,10H,5-7H2,(H,13,18)(H,16,17). The van der Waals surface area contributed by atoms with E-state index in [1.807, 2.05) is 0 Å². The fourth-order valence-electron chi connectivity index (χ4n) is 2.23. The lowest BCUT2D eigenvalue weighted by molar-refractivity contribution is -0.384. The zero-order valence-corrected chi connectivity index (χ0v) is 10.5. The number of nitro benzene ring substituents is 1. The highest BCUT2D eigenvalue weighted by atomic mass is 16.6. The highest BCUT2D eigenvalue weighted by molar-refractivity contribution is 5.91.